The zero-order chi connectivity index (χ0) is 18.6. The Kier molecular flexibility index (Phi) is 6.57. The van der Waals surface area contributed by atoms with E-state index < -0.39 is 0 Å². The lowest BCUT2D eigenvalue weighted by Crippen LogP contribution is -2.11. The van der Waals surface area contributed by atoms with Gasteiger partial charge < -0.3 is 4.74 Å². The van der Waals surface area contributed by atoms with E-state index in [0.29, 0.717) is 24.2 Å². The Morgan fingerprint density at radius 3 is 2.32 bits per heavy atom. The number of aryl methyl sites for hydroxylation is 3. The first-order valence-electron chi connectivity index (χ1n) is 9.45. The van der Waals surface area contributed by atoms with Crippen molar-refractivity contribution in [1.29, 1.82) is 0 Å². The van der Waals surface area contributed by atoms with Gasteiger partial charge >= 0.3 is 5.97 Å². The molecule has 1 unspecified atom stereocenters. The molecule has 1 aliphatic rings. The first-order chi connectivity index (χ1) is 11.9. The van der Waals surface area contributed by atoms with Crippen LogP contribution in [0.1, 0.15) is 74.6 Å². The fourth-order valence-electron chi connectivity index (χ4n) is 3.78. The number of esters is 1. The van der Waals surface area contributed by atoms with Crippen LogP contribution in [0.2, 0.25) is 0 Å². The molecule has 0 saturated carbocycles. The Bertz CT molecular complexity index is 674. The van der Waals surface area contributed by atoms with Gasteiger partial charge in [0.05, 0.1) is 5.57 Å². The molecule has 25 heavy (non-hydrogen) atoms. The van der Waals surface area contributed by atoms with Gasteiger partial charge in [-0.25, -0.2) is 0 Å². The highest BCUT2D eigenvalue weighted by atomic mass is 16.5. The number of ether oxygens (including phenoxy) is 1. The zero-order valence-electron chi connectivity index (χ0n) is 16.2. The molecular weight excluding hydrogens is 312 g/mol. The molecule has 0 fully saturated rings. The standard InChI is InChI=1S/C22H30O3/c1-6-8-10-19(23)25-18-13-17(9-7-2)22(24)21(18)20-15(4)11-14(3)12-16(20)5/h11-12,17H,6-10,13H2,1-5H3. The molecule has 0 radical (unpaired) electrons. The molecular formula is C22H30O3. The SMILES string of the molecule is CCCCC(=O)OC1=C(c2c(C)cc(C)cc2C)C(=O)C(CCC)C1. The molecule has 2 rings (SSSR count). The molecule has 1 atom stereocenters. The number of allylic oxidation sites excluding steroid dienone is 2. The number of benzene rings is 1. The quantitative estimate of drug-likeness (QED) is 0.619. The Hall–Kier alpha value is -1.90. The van der Waals surface area contributed by atoms with Gasteiger partial charge in [-0.15, -0.1) is 0 Å². The van der Waals surface area contributed by atoms with Crippen molar-refractivity contribution in [2.45, 2.75) is 73.1 Å². The summed E-state index contributed by atoms with van der Waals surface area (Å²) in [6, 6.07) is 4.18. The lowest BCUT2D eigenvalue weighted by atomic mass is 9.90. The van der Waals surface area contributed by atoms with Crippen molar-refractivity contribution in [2.24, 2.45) is 5.92 Å². The van der Waals surface area contributed by atoms with Crippen molar-refractivity contribution in [1.82, 2.24) is 0 Å². The molecule has 0 bridgehead atoms. The van der Waals surface area contributed by atoms with E-state index in [1.54, 1.807) is 0 Å². The summed E-state index contributed by atoms with van der Waals surface area (Å²) in [6.07, 6.45) is 4.51. The van der Waals surface area contributed by atoms with Crippen LogP contribution in [-0.4, -0.2) is 11.8 Å². The molecule has 0 amide bonds. The van der Waals surface area contributed by atoms with Gasteiger partial charge in [0.25, 0.3) is 0 Å². The van der Waals surface area contributed by atoms with E-state index in [1.165, 1.54) is 5.56 Å². The minimum atomic E-state index is -0.221. The van der Waals surface area contributed by atoms with Crippen molar-refractivity contribution in [2.75, 3.05) is 0 Å². The van der Waals surface area contributed by atoms with Gasteiger partial charge in [-0.1, -0.05) is 44.4 Å². The number of ketones is 1. The second kappa shape index (κ2) is 8.46. The number of Topliss-reactive ketones (excluding diaryl/α,β-unsaturated/α-hetero) is 1. The van der Waals surface area contributed by atoms with E-state index in [2.05, 4.69) is 26.0 Å². The minimum Gasteiger partial charge on any atom is -0.430 e. The number of hydrogen-bond donors (Lipinski definition) is 0. The lowest BCUT2D eigenvalue weighted by molar-refractivity contribution is -0.139. The highest BCUT2D eigenvalue weighted by Gasteiger charge is 2.36. The Balaban J connectivity index is 2.44. The highest BCUT2D eigenvalue weighted by molar-refractivity contribution is 6.25. The fourth-order valence-corrected chi connectivity index (χ4v) is 3.78. The number of carbonyl (C=O) groups excluding carboxylic acids is 2. The largest absolute Gasteiger partial charge is 0.430 e. The predicted octanol–water partition coefficient (Wildman–Crippen LogP) is 5.45. The zero-order valence-corrected chi connectivity index (χ0v) is 16.2. The maximum Gasteiger partial charge on any atom is 0.310 e. The molecule has 136 valence electrons. The van der Waals surface area contributed by atoms with Crippen LogP contribution in [0.25, 0.3) is 5.57 Å². The predicted molar refractivity (Wildman–Crippen MR) is 101 cm³/mol. The number of rotatable bonds is 7. The van der Waals surface area contributed by atoms with Crippen LogP contribution < -0.4 is 0 Å². The van der Waals surface area contributed by atoms with Crippen LogP contribution in [0.3, 0.4) is 0 Å². The van der Waals surface area contributed by atoms with E-state index in [4.69, 9.17) is 4.74 Å². The van der Waals surface area contributed by atoms with E-state index in [1.807, 2.05) is 20.8 Å². The molecule has 3 heteroatoms. The molecule has 3 nitrogen and oxygen atoms in total. The summed E-state index contributed by atoms with van der Waals surface area (Å²) in [6.45, 7) is 10.2. The Morgan fingerprint density at radius 1 is 1.12 bits per heavy atom. The van der Waals surface area contributed by atoms with Gasteiger partial charge in [0.1, 0.15) is 5.76 Å². The summed E-state index contributed by atoms with van der Waals surface area (Å²) < 4.78 is 5.69. The Labute approximate surface area is 151 Å². The monoisotopic (exact) mass is 342 g/mol. The highest BCUT2D eigenvalue weighted by Crippen LogP contribution is 2.40. The first-order valence-corrected chi connectivity index (χ1v) is 9.45. The molecule has 0 aromatic heterocycles. The molecule has 1 aromatic rings. The van der Waals surface area contributed by atoms with Crippen molar-refractivity contribution >= 4 is 17.3 Å². The van der Waals surface area contributed by atoms with E-state index in [-0.39, 0.29) is 17.7 Å². The molecule has 1 aliphatic carbocycles. The van der Waals surface area contributed by atoms with E-state index in [9.17, 15) is 9.59 Å². The maximum absolute atomic E-state index is 13.0. The summed E-state index contributed by atoms with van der Waals surface area (Å²) >= 11 is 0. The van der Waals surface area contributed by atoms with Gasteiger partial charge in [0.15, 0.2) is 5.78 Å². The fraction of sp³-hybridized carbons (Fsp3) is 0.545. The third-order valence-electron chi connectivity index (χ3n) is 4.86. The molecule has 1 aromatic carbocycles. The van der Waals surface area contributed by atoms with Crippen molar-refractivity contribution in [3.05, 3.63) is 40.1 Å². The molecule has 0 saturated heterocycles. The summed E-state index contributed by atoms with van der Waals surface area (Å²) in [4.78, 5) is 25.2. The lowest BCUT2D eigenvalue weighted by Gasteiger charge is -2.14. The third kappa shape index (κ3) is 4.39. The smallest absolute Gasteiger partial charge is 0.310 e. The van der Waals surface area contributed by atoms with Gasteiger partial charge in [0, 0.05) is 18.8 Å². The van der Waals surface area contributed by atoms with Crippen LogP contribution >= 0.6 is 0 Å². The summed E-state index contributed by atoms with van der Waals surface area (Å²) in [5, 5.41) is 0. The van der Waals surface area contributed by atoms with Crippen molar-refractivity contribution < 1.29 is 14.3 Å². The topological polar surface area (TPSA) is 43.4 Å². The average molecular weight is 342 g/mol. The number of unbranched alkanes of at least 4 members (excludes halogenated alkanes) is 1. The van der Waals surface area contributed by atoms with E-state index >= 15 is 0 Å². The van der Waals surface area contributed by atoms with Gasteiger partial charge in [-0.3, -0.25) is 9.59 Å². The summed E-state index contributed by atoms with van der Waals surface area (Å²) in [5.41, 5.74) is 4.90. The second-order valence-electron chi connectivity index (χ2n) is 7.20. The van der Waals surface area contributed by atoms with Crippen molar-refractivity contribution in [3.8, 4) is 0 Å². The van der Waals surface area contributed by atoms with Crippen LogP contribution in [0, 0.1) is 26.7 Å². The van der Waals surface area contributed by atoms with Gasteiger partial charge in [-0.2, -0.15) is 0 Å². The molecule has 0 spiro atoms. The molecule has 0 heterocycles. The van der Waals surface area contributed by atoms with E-state index in [0.717, 1.165) is 42.4 Å². The maximum atomic E-state index is 13.0. The molecule has 0 aliphatic heterocycles. The van der Waals surface area contributed by atoms with Gasteiger partial charge in [0.2, 0.25) is 0 Å². The summed E-state index contributed by atoms with van der Waals surface area (Å²) in [5.74, 6) is 0.436. The summed E-state index contributed by atoms with van der Waals surface area (Å²) in [7, 11) is 0. The average Bonchev–Trinajstić information content (AvgIpc) is 2.81. The Morgan fingerprint density at radius 2 is 1.76 bits per heavy atom. The first kappa shape index (κ1) is 19.4. The second-order valence-corrected chi connectivity index (χ2v) is 7.20. The third-order valence-corrected chi connectivity index (χ3v) is 4.86. The van der Waals surface area contributed by atoms with Crippen LogP contribution in [0.5, 0.6) is 0 Å². The molecule has 0 N–H and O–H groups in total. The number of hydrogen-bond acceptors (Lipinski definition) is 3. The van der Waals surface area contributed by atoms with Crippen molar-refractivity contribution in [3.63, 3.8) is 0 Å². The minimum absolute atomic E-state index is 0.0610. The number of carbonyl (C=O) groups is 2. The normalized spacial score (nSPS) is 17.3. The van der Waals surface area contributed by atoms with Crippen LogP contribution in [0.15, 0.2) is 17.9 Å². The van der Waals surface area contributed by atoms with Gasteiger partial charge in [-0.05, 0) is 50.3 Å². The van der Waals surface area contributed by atoms with Crippen LogP contribution in [-0.2, 0) is 14.3 Å². The van der Waals surface area contributed by atoms with Crippen LogP contribution in [0.4, 0.5) is 0 Å².